The standard InChI is InChI=1S/C30H39F3O/c1-3-5-7-9-22-10-12-23(13-11-22)14-15-24-16-18-26(30(33)29(24)32)25-17-19-28(27(31)21-25)34-20-8-6-4-2/h4,6,16-19,21-23H,3,5,7-15,20H2,1-2H3/b6-4-. The van der Waals surface area contributed by atoms with Gasteiger partial charge < -0.3 is 4.74 Å². The van der Waals surface area contributed by atoms with Crippen LogP contribution in [0.4, 0.5) is 13.2 Å². The number of hydrogen-bond donors (Lipinski definition) is 0. The van der Waals surface area contributed by atoms with Crippen molar-refractivity contribution in [3.05, 3.63) is 65.5 Å². The molecule has 2 aromatic rings. The summed E-state index contributed by atoms with van der Waals surface area (Å²) >= 11 is 0. The molecule has 0 saturated heterocycles. The summed E-state index contributed by atoms with van der Waals surface area (Å²) < 4.78 is 49.6. The maximum atomic E-state index is 14.9. The molecule has 1 saturated carbocycles. The molecule has 1 aliphatic rings. The first-order valence-electron chi connectivity index (χ1n) is 13.0. The molecular formula is C30H39F3O. The zero-order chi connectivity index (χ0) is 24.3. The van der Waals surface area contributed by atoms with E-state index < -0.39 is 17.5 Å². The van der Waals surface area contributed by atoms with Crippen molar-refractivity contribution in [3.8, 4) is 16.9 Å². The van der Waals surface area contributed by atoms with Crippen LogP contribution in [0, 0.1) is 29.3 Å². The lowest BCUT2D eigenvalue weighted by atomic mass is 9.77. The Morgan fingerprint density at radius 3 is 2.32 bits per heavy atom. The van der Waals surface area contributed by atoms with Crippen molar-refractivity contribution in [2.45, 2.75) is 84.5 Å². The Bertz CT molecular complexity index is 929. The van der Waals surface area contributed by atoms with Crippen LogP contribution in [0.2, 0.25) is 0 Å². The Balaban J connectivity index is 1.56. The van der Waals surface area contributed by atoms with Gasteiger partial charge in [0.15, 0.2) is 23.2 Å². The minimum absolute atomic E-state index is 0.0770. The van der Waals surface area contributed by atoms with Gasteiger partial charge in [-0.25, -0.2) is 13.2 Å². The lowest BCUT2D eigenvalue weighted by molar-refractivity contribution is 0.248. The van der Waals surface area contributed by atoms with E-state index in [2.05, 4.69) is 6.92 Å². The van der Waals surface area contributed by atoms with E-state index in [0.29, 0.717) is 36.5 Å². The molecular weight excluding hydrogens is 433 g/mol. The molecule has 4 heteroatoms. The highest BCUT2D eigenvalue weighted by molar-refractivity contribution is 5.65. The van der Waals surface area contributed by atoms with Crippen LogP contribution in [-0.2, 0) is 6.42 Å². The maximum Gasteiger partial charge on any atom is 0.166 e. The number of unbranched alkanes of at least 4 members (excludes halogenated alkanes) is 2. The van der Waals surface area contributed by atoms with E-state index in [0.717, 1.165) is 12.3 Å². The third-order valence-corrected chi connectivity index (χ3v) is 7.19. The molecule has 0 spiro atoms. The summed E-state index contributed by atoms with van der Waals surface area (Å²) in [7, 11) is 0. The van der Waals surface area contributed by atoms with E-state index in [1.54, 1.807) is 18.2 Å². The van der Waals surface area contributed by atoms with E-state index in [9.17, 15) is 13.2 Å². The van der Waals surface area contributed by atoms with Crippen LogP contribution in [0.25, 0.3) is 11.1 Å². The van der Waals surface area contributed by atoms with Gasteiger partial charge in [-0.3, -0.25) is 0 Å². The fraction of sp³-hybridized carbons (Fsp3) is 0.533. The number of allylic oxidation sites excluding steroid dienone is 1. The molecule has 0 heterocycles. The third-order valence-electron chi connectivity index (χ3n) is 7.19. The summed E-state index contributed by atoms with van der Waals surface area (Å²) in [4.78, 5) is 0. The molecule has 1 fully saturated rings. The van der Waals surface area contributed by atoms with Crippen molar-refractivity contribution < 1.29 is 17.9 Å². The van der Waals surface area contributed by atoms with Crippen LogP contribution in [0.15, 0.2) is 42.5 Å². The van der Waals surface area contributed by atoms with Gasteiger partial charge in [-0.2, -0.15) is 0 Å². The zero-order valence-corrected chi connectivity index (χ0v) is 20.7. The second-order valence-corrected chi connectivity index (χ2v) is 9.67. The van der Waals surface area contributed by atoms with E-state index in [4.69, 9.17) is 4.74 Å². The second kappa shape index (κ2) is 13.6. The van der Waals surface area contributed by atoms with Crippen LogP contribution in [0.3, 0.4) is 0 Å². The Morgan fingerprint density at radius 2 is 1.65 bits per heavy atom. The zero-order valence-electron chi connectivity index (χ0n) is 20.7. The van der Waals surface area contributed by atoms with Crippen LogP contribution in [0.5, 0.6) is 5.75 Å². The number of halogens is 3. The van der Waals surface area contributed by atoms with Gasteiger partial charge in [0.25, 0.3) is 0 Å². The number of hydrogen-bond acceptors (Lipinski definition) is 1. The molecule has 3 rings (SSSR count). The van der Waals surface area contributed by atoms with Crippen LogP contribution in [0.1, 0.15) is 83.6 Å². The fourth-order valence-corrected chi connectivity index (χ4v) is 5.05. The van der Waals surface area contributed by atoms with Crippen molar-refractivity contribution >= 4 is 0 Å². The molecule has 0 bridgehead atoms. The van der Waals surface area contributed by atoms with Crippen LogP contribution in [-0.4, -0.2) is 6.61 Å². The fourth-order valence-electron chi connectivity index (χ4n) is 5.05. The van der Waals surface area contributed by atoms with E-state index in [-0.39, 0.29) is 11.3 Å². The van der Waals surface area contributed by atoms with Gasteiger partial charge in [0, 0.05) is 5.56 Å². The van der Waals surface area contributed by atoms with Crippen molar-refractivity contribution in [1.82, 2.24) is 0 Å². The minimum atomic E-state index is -0.904. The summed E-state index contributed by atoms with van der Waals surface area (Å²) in [6.45, 7) is 4.51. The Kier molecular flexibility index (Phi) is 10.6. The Labute approximate surface area is 203 Å². The molecule has 0 aliphatic heterocycles. The van der Waals surface area contributed by atoms with Gasteiger partial charge >= 0.3 is 0 Å². The highest BCUT2D eigenvalue weighted by Crippen LogP contribution is 2.35. The quantitative estimate of drug-likeness (QED) is 0.221. The van der Waals surface area contributed by atoms with E-state index >= 15 is 0 Å². The summed E-state index contributed by atoms with van der Waals surface area (Å²) in [5, 5.41) is 0. The Hall–Kier alpha value is -2.23. The molecule has 0 unspecified atom stereocenters. The summed E-state index contributed by atoms with van der Waals surface area (Å²) in [6, 6.07) is 7.49. The van der Waals surface area contributed by atoms with Crippen LogP contribution >= 0.6 is 0 Å². The first-order valence-corrected chi connectivity index (χ1v) is 13.0. The number of benzene rings is 2. The summed E-state index contributed by atoms with van der Waals surface area (Å²) in [5.74, 6) is -0.727. The second-order valence-electron chi connectivity index (χ2n) is 9.67. The highest BCUT2D eigenvalue weighted by atomic mass is 19.2. The van der Waals surface area contributed by atoms with Crippen molar-refractivity contribution in [2.75, 3.05) is 6.61 Å². The van der Waals surface area contributed by atoms with Crippen molar-refractivity contribution in [1.29, 1.82) is 0 Å². The summed E-state index contributed by atoms with van der Waals surface area (Å²) in [5.41, 5.74) is 0.798. The normalized spacial score (nSPS) is 18.5. The molecule has 0 atom stereocenters. The Morgan fingerprint density at radius 1 is 0.912 bits per heavy atom. The molecule has 1 nitrogen and oxygen atoms in total. The van der Waals surface area contributed by atoms with Gasteiger partial charge in [0.1, 0.15) is 0 Å². The molecule has 0 aromatic heterocycles. The smallest absolute Gasteiger partial charge is 0.166 e. The molecule has 0 N–H and O–H groups in total. The van der Waals surface area contributed by atoms with Gasteiger partial charge in [-0.1, -0.05) is 88.6 Å². The minimum Gasteiger partial charge on any atom is -0.490 e. The predicted molar refractivity (Wildman–Crippen MR) is 135 cm³/mol. The van der Waals surface area contributed by atoms with Crippen LogP contribution < -0.4 is 4.74 Å². The van der Waals surface area contributed by atoms with Crippen molar-refractivity contribution in [3.63, 3.8) is 0 Å². The summed E-state index contributed by atoms with van der Waals surface area (Å²) in [6.07, 6.45) is 16.1. The third kappa shape index (κ3) is 7.38. The van der Waals surface area contributed by atoms with Gasteiger partial charge in [-0.05, 0) is 61.3 Å². The number of ether oxygens (including phenoxy) is 1. The average Bonchev–Trinajstić information content (AvgIpc) is 2.84. The lowest BCUT2D eigenvalue weighted by Gasteiger charge is -2.28. The van der Waals surface area contributed by atoms with Gasteiger partial charge in [0.05, 0.1) is 6.61 Å². The molecule has 186 valence electrons. The first-order chi connectivity index (χ1) is 16.5. The number of aryl methyl sites for hydroxylation is 1. The SMILES string of the molecule is C/C=C\CCOc1ccc(-c2ccc(CCC3CCC(CCCCC)CC3)c(F)c2F)cc1F. The molecule has 34 heavy (non-hydrogen) atoms. The van der Waals surface area contributed by atoms with E-state index in [1.165, 1.54) is 63.5 Å². The monoisotopic (exact) mass is 472 g/mol. The molecule has 0 amide bonds. The maximum absolute atomic E-state index is 14.9. The van der Waals surface area contributed by atoms with Gasteiger partial charge in [0.2, 0.25) is 0 Å². The highest BCUT2D eigenvalue weighted by Gasteiger charge is 2.22. The lowest BCUT2D eigenvalue weighted by Crippen LogP contribution is -2.15. The van der Waals surface area contributed by atoms with Gasteiger partial charge in [-0.15, -0.1) is 0 Å². The average molecular weight is 473 g/mol. The van der Waals surface area contributed by atoms with Crippen molar-refractivity contribution in [2.24, 2.45) is 11.8 Å². The topological polar surface area (TPSA) is 9.23 Å². The molecule has 1 aliphatic carbocycles. The largest absolute Gasteiger partial charge is 0.490 e. The first kappa shape index (κ1) is 26.4. The predicted octanol–water partition coefficient (Wildman–Crippen LogP) is 9.44. The van der Waals surface area contributed by atoms with E-state index in [1.807, 2.05) is 19.1 Å². The molecule has 0 radical (unpaired) electrons. The molecule has 2 aromatic carbocycles. The number of rotatable bonds is 12.